The van der Waals surface area contributed by atoms with Gasteiger partial charge in [-0.1, -0.05) is 158 Å². The van der Waals surface area contributed by atoms with E-state index in [0.29, 0.717) is 17.6 Å². The minimum absolute atomic E-state index is 0.542. The predicted molar refractivity (Wildman–Crippen MR) is 221 cm³/mol. The van der Waals surface area contributed by atoms with E-state index in [2.05, 4.69) is 120 Å². The summed E-state index contributed by atoms with van der Waals surface area (Å²) in [5.74, 6) is 1.76. The molecule has 0 N–H and O–H groups in total. The number of hydrogen-bond acceptors (Lipinski definition) is 4. The first-order valence-corrected chi connectivity index (χ1v) is 18.1. The molecule has 5 nitrogen and oxygen atoms in total. The van der Waals surface area contributed by atoms with Gasteiger partial charge in [-0.25, -0.2) is 4.98 Å². The zero-order chi connectivity index (χ0) is 35.6. The van der Waals surface area contributed by atoms with Crippen molar-refractivity contribution in [2.24, 2.45) is 0 Å². The van der Waals surface area contributed by atoms with Gasteiger partial charge in [-0.3, -0.25) is 4.57 Å². The molecule has 8 aromatic carbocycles. The molecule has 0 spiro atoms. The Labute approximate surface area is 310 Å². The van der Waals surface area contributed by atoms with Crippen LogP contribution in [0.25, 0.3) is 105 Å². The predicted octanol–water partition coefficient (Wildman–Crippen LogP) is 12.7. The third-order valence-electron chi connectivity index (χ3n) is 10.5. The molecule has 252 valence electrons. The lowest BCUT2D eigenvalue weighted by Crippen LogP contribution is -2.06. The van der Waals surface area contributed by atoms with Gasteiger partial charge in [0.2, 0.25) is 5.95 Å². The maximum absolute atomic E-state index is 7.03. The summed E-state index contributed by atoms with van der Waals surface area (Å²) in [7, 11) is 0. The van der Waals surface area contributed by atoms with Gasteiger partial charge in [-0.05, 0) is 57.3 Å². The average Bonchev–Trinajstić information content (AvgIpc) is 3.80. The molecular formula is C49H30N4O. The van der Waals surface area contributed by atoms with E-state index in [1.807, 2.05) is 66.7 Å². The zero-order valence-corrected chi connectivity index (χ0v) is 29.0. The fraction of sp³-hybridized carbons (Fsp3) is 0. The molecule has 11 rings (SSSR count). The topological polar surface area (TPSA) is 56.7 Å². The molecule has 0 bridgehead atoms. The second-order valence-corrected chi connectivity index (χ2v) is 13.6. The molecule has 0 unspecified atom stereocenters. The van der Waals surface area contributed by atoms with Crippen molar-refractivity contribution < 1.29 is 4.42 Å². The first kappa shape index (κ1) is 30.3. The molecule has 0 aliphatic carbocycles. The normalized spacial score (nSPS) is 11.7. The highest BCUT2D eigenvalue weighted by atomic mass is 16.3. The van der Waals surface area contributed by atoms with Gasteiger partial charge in [0, 0.05) is 27.3 Å². The number of rotatable bonds is 5. The van der Waals surface area contributed by atoms with Crippen molar-refractivity contribution in [2.75, 3.05) is 0 Å². The van der Waals surface area contributed by atoms with E-state index in [9.17, 15) is 0 Å². The van der Waals surface area contributed by atoms with Gasteiger partial charge in [0.25, 0.3) is 0 Å². The maximum atomic E-state index is 7.03. The van der Waals surface area contributed by atoms with Crippen molar-refractivity contribution in [1.29, 1.82) is 0 Å². The van der Waals surface area contributed by atoms with Crippen LogP contribution < -0.4 is 0 Å². The van der Waals surface area contributed by atoms with Crippen LogP contribution in [-0.2, 0) is 0 Å². The van der Waals surface area contributed by atoms with E-state index in [1.165, 1.54) is 10.8 Å². The molecule has 0 saturated carbocycles. The Kier molecular flexibility index (Phi) is 6.79. The zero-order valence-electron chi connectivity index (χ0n) is 29.0. The molecule has 0 fully saturated rings. The SMILES string of the molecule is c1ccc(-c2ccc3c4c5oc6cc(-c7ccccc7)c7ccccc7c6c5ccc4n(-c4nc(-c5ccccc5)nc(-c5ccccc5)n4)c3c2)cc1. The summed E-state index contributed by atoms with van der Waals surface area (Å²) in [5.41, 5.74) is 10.0. The Balaban J connectivity index is 1.26. The molecule has 3 heterocycles. The molecule has 0 atom stereocenters. The van der Waals surface area contributed by atoms with Crippen LogP contribution in [0.3, 0.4) is 0 Å². The van der Waals surface area contributed by atoms with Gasteiger partial charge in [0.05, 0.1) is 16.4 Å². The third-order valence-corrected chi connectivity index (χ3v) is 10.5. The van der Waals surface area contributed by atoms with Gasteiger partial charge >= 0.3 is 0 Å². The number of aromatic nitrogens is 4. The summed E-state index contributed by atoms with van der Waals surface area (Å²) in [6.45, 7) is 0. The Morgan fingerprint density at radius 1 is 0.370 bits per heavy atom. The summed E-state index contributed by atoms with van der Waals surface area (Å²) in [5, 5.41) is 6.63. The minimum Gasteiger partial charge on any atom is -0.455 e. The molecule has 0 saturated heterocycles. The lowest BCUT2D eigenvalue weighted by Gasteiger charge is -2.11. The highest BCUT2D eigenvalue weighted by Gasteiger charge is 2.23. The maximum Gasteiger partial charge on any atom is 0.238 e. The van der Waals surface area contributed by atoms with E-state index in [0.717, 1.165) is 77.1 Å². The van der Waals surface area contributed by atoms with Crippen LogP contribution in [0.5, 0.6) is 0 Å². The second-order valence-electron chi connectivity index (χ2n) is 13.6. The molecule has 11 aromatic rings. The van der Waals surface area contributed by atoms with E-state index in [-0.39, 0.29) is 0 Å². The van der Waals surface area contributed by atoms with Crippen LogP contribution in [0.4, 0.5) is 0 Å². The highest BCUT2D eigenvalue weighted by Crippen LogP contribution is 2.45. The largest absolute Gasteiger partial charge is 0.455 e. The molecule has 0 radical (unpaired) electrons. The summed E-state index contributed by atoms with van der Waals surface area (Å²) < 4.78 is 9.21. The lowest BCUT2D eigenvalue weighted by atomic mass is 9.95. The fourth-order valence-electron chi connectivity index (χ4n) is 7.98. The van der Waals surface area contributed by atoms with Crippen LogP contribution in [0, 0.1) is 0 Å². The van der Waals surface area contributed by atoms with Crippen LogP contribution in [-0.4, -0.2) is 19.5 Å². The summed E-state index contributed by atoms with van der Waals surface area (Å²) >= 11 is 0. The van der Waals surface area contributed by atoms with Crippen LogP contribution in [0.15, 0.2) is 186 Å². The molecule has 54 heavy (non-hydrogen) atoms. The van der Waals surface area contributed by atoms with E-state index in [4.69, 9.17) is 19.4 Å². The second kappa shape index (κ2) is 12.1. The molecule has 0 aliphatic heterocycles. The molecule has 0 amide bonds. The molecular weight excluding hydrogens is 661 g/mol. The van der Waals surface area contributed by atoms with Gasteiger partial charge in [-0.2, -0.15) is 9.97 Å². The van der Waals surface area contributed by atoms with Gasteiger partial charge in [-0.15, -0.1) is 0 Å². The molecule has 0 aliphatic rings. The highest BCUT2D eigenvalue weighted by molar-refractivity contribution is 6.29. The summed E-state index contributed by atoms with van der Waals surface area (Å²) in [4.78, 5) is 15.4. The average molecular weight is 691 g/mol. The number of benzene rings is 8. The van der Waals surface area contributed by atoms with E-state index < -0.39 is 0 Å². The number of furan rings is 1. The van der Waals surface area contributed by atoms with Crippen LogP contribution in [0.1, 0.15) is 0 Å². The Hall–Kier alpha value is -7.37. The minimum atomic E-state index is 0.542. The van der Waals surface area contributed by atoms with Crippen molar-refractivity contribution in [2.45, 2.75) is 0 Å². The molecule has 3 aromatic heterocycles. The first-order chi connectivity index (χ1) is 26.8. The van der Waals surface area contributed by atoms with Crippen molar-refractivity contribution in [3.8, 4) is 51.0 Å². The van der Waals surface area contributed by atoms with Crippen molar-refractivity contribution in [3.63, 3.8) is 0 Å². The van der Waals surface area contributed by atoms with Crippen LogP contribution >= 0.6 is 0 Å². The smallest absolute Gasteiger partial charge is 0.238 e. The van der Waals surface area contributed by atoms with Crippen molar-refractivity contribution >= 4 is 54.5 Å². The first-order valence-electron chi connectivity index (χ1n) is 18.1. The standard InChI is InChI=1S/C49H30N4O/c1-5-15-31(16-6-1)35-25-26-38-42(29-35)53(49-51-47(33-19-9-3-10-20-33)50-48(52-49)34-21-11-4-12-22-34)41-28-27-39-44-37-24-14-13-23-36(37)40(32-17-7-2-8-18-32)30-43(44)54-46(39)45(38)41/h1-30H. The third kappa shape index (κ3) is 4.76. The molecule has 5 heteroatoms. The van der Waals surface area contributed by atoms with Gasteiger partial charge in [0.1, 0.15) is 11.2 Å². The Morgan fingerprint density at radius 3 is 1.57 bits per heavy atom. The Bertz CT molecular complexity index is 3130. The van der Waals surface area contributed by atoms with E-state index >= 15 is 0 Å². The Morgan fingerprint density at radius 2 is 0.926 bits per heavy atom. The summed E-state index contributed by atoms with van der Waals surface area (Å²) in [6, 6.07) is 63.2. The fourth-order valence-corrected chi connectivity index (χ4v) is 7.98. The number of fused-ring (bicyclic) bond motifs is 9. The monoisotopic (exact) mass is 690 g/mol. The number of nitrogens with zero attached hydrogens (tertiary/aromatic N) is 4. The van der Waals surface area contributed by atoms with Crippen molar-refractivity contribution in [3.05, 3.63) is 182 Å². The summed E-state index contributed by atoms with van der Waals surface area (Å²) in [6.07, 6.45) is 0. The van der Waals surface area contributed by atoms with Gasteiger partial charge in [0.15, 0.2) is 11.6 Å². The quantitative estimate of drug-likeness (QED) is 0.180. The van der Waals surface area contributed by atoms with E-state index in [1.54, 1.807) is 0 Å². The lowest BCUT2D eigenvalue weighted by molar-refractivity contribution is 0.673. The number of hydrogen-bond donors (Lipinski definition) is 0. The van der Waals surface area contributed by atoms with Crippen LogP contribution in [0.2, 0.25) is 0 Å². The van der Waals surface area contributed by atoms with Gasteiger partial charge < -0.3 is 4.42 Å². The van der Waals surface area contributed by atoms with Crippen molar-refractivity contribution in [1.82, 2.24) is 19.5 Å².